The second-order valence-electron chi connectivity index (χ2n) is 6.53. The molecule has 10 nitrogen and oxygen atoms in total. The van der Waals surface area contributed by atoms with Crippen LogP contribution >= 0.6 is 0 Å². The predicted molar refractivity (Wildman–Crippen MR) is 112 cm³/mol. The van der Waals surface area contributed by atoms with Gasteiger partial charge in [-0.3, -0.25) is 4.79 Å². The minimum atomic E-state index is -1.45. The highest BCUT2D eigenvalue weighted by Crippen LogP contribution is 2.37. The molecule has 0 saturated heterocycles. The summed E-state index contributed by atoms with van der Waals surface area (Å²) in [5.74, 6) is -4.54. The van der Waals surface area contributed by atoms with Gasteiger partial charge in [-0.1, -0.05) is 0 Å². The zero-order valence-electron chi connectivity index (χ0n) is 18.2. The van der Waals surface area contributed by atoms with E-state index in [0.29, 0.717) is 35.6 Å². The lowest BCUT2D eigenvalue weighted by Crippen LogP contribution is -2.11. The zero-order chi connectivity index (χ0) is 24.5. The number of carbonyl (C=O) groups excluding carboxylic acids is 2. The van der Waals surface area contributed by atoms with Crippen LogP contribution in [0.5, 0.6) is 28.9 Å². The van der Waals surface area contributed by atoms with Crippen LogP contribution in [0, 0.1) is 11.6 Å². The number of halogens is 2. The van der Waals surface area contributed by atoms with Gasteiger partial charge in [0.2, 0.25) is 17.9 Å². The SMILES string of the molecule is COCCOc1cc2ncnc(Oc3cc(F)c(OC(=O)C=O)c(F)c3)c2cc1OCCOC. The monoisotopic (exact) mass is 478 g/mol. The number of methoxy groups -OCH3 is 2. The average Bonchev–Trinajstić information content (AvgIpc) is 2.82. The van der Waals surface area contributed by atoms with E-state index in [2.05, 4.69) is 14.7 Å². The van der Waals surface area contributed by atoms with Crippen molar-refractivity contribution in [2.75, 3.05) is 40.6 Å². The minimum Gasteiger partial charge on any atom is -0.487 e. The van der Waals surface area contributed by atoms with Crippen molar-refractivity contribution in [3.8, 4) is 28.9 Å². The third-order valence-electron chi connectivity index (χ3n) is 4.24. The van der Waals surface area contributed by atoms with Crippen LogP contribution in [0.4, 0.5) is 8.78 Å². The second kappa shape index (κ2) is 11.8. The van der Waals surface area contributed by atoms with Crippen molar-refractivity contribution in [3.63, 3.8) is 0 Å². The van der Waals surface area contributed by atoms with Gasteiger partial charge in [-0.2, -0.15) is 0 Å². The first kappa shape index (κ1) is 24.7. The molecule has 0 fully saturated rings. The Morgan fingerprint density at radius 1 is 0.912 bits per heavy atom. The summed E-state index contributed by atoms with van der Waals surface area (Å²) >= 11 is 0. The first-order chi connectivity index (χ1) is 16.5. The molecular formula is C22H20F2N2O8. The zero-order valence-corrected chi connectivity index (χ0v) is 18.2. The van der Waals surface area contributed by atoms with E-state index >= 15 is 0 Å². The first-order valence-electron chi connectivity index (χ1n) is 9.83. The fourth-order valence-corrected chi connectivity index (χ4v) is 2.75. The van der Waals surface area contributed by atoms with Crippen LogP contribution in [0.1, 0.15) is 0 Å². The van der Waals surface area contributed by atoms with Gasteiger partial charge in [0.15, 0.2) is 23.1 Å². The highest BCUT2D eigenvalue weighted by molar-refractivity contribution is 6.21. The van der Waals surface area contributed by atoms with Crippen LogP contribution in [0.3, 0.4) is 0 Å². The number of aromatic nitrogens is 2. The number of hydrogen-bond acceptors (Lipinski definition) is 10. The third kappa shape index (κ3) is 6.11. The van der Waals surface area contributed by atoms with Crippen LogP contribution in [-0.2, 0) is 19.1 Å². The summed E-state index contributed by atoms with van der Waals surface area (Å²) < 4.78 is 59.8. The quantitative estimate of drug-likeness (QED) is 0.127. The van der Waals surface area contributed by atoms with Gasteiger partial charge in [0.1, 0.15) is 25.3 Å². The second-order valence-corrected chi connectivity index (χ2v) is 6.53. The van der Waals surface area contributed by atoms with E-state index in [1.54, 1.807) is 19.2 Å². The first-order valence-corrected chi connectivity index (χ1v) is 9.83. The predicted octanol–water partition coefficient (Wildman–Crippen LogP) is 2.86. The Bertz CT molecular complexity index is 1150. The van der Waals surface area contributed by atoms with E-state index < -0.39 is 23.4 Å². The summed E-state index contributed by atoms with van der Waals surface area (Å²) in [6.07, 6.45) is 0.991. The molecule has 0 aliphatic carbocycles. The average molecular weight is 478 g/mol. The fraction of sp³-hybridized carbons (Fsp3) is 0.273. The fourth-order valence-electron chi connectivity index (χ4n) is 2.75. The maximum Gasteiger partial charge on any atom is 0.376 e. The minimum absolute atomic E-state index is 0.0264. The van der Waals surface area contributed by atoms with Crippen molar-refractivity contribution in [2.24, 2.45) is 0 Å². The van der Waals surface area contributed by atoms with Crippen molar-refractivity contribution in [2.45, 2.75) is 0 Å². The van der Waals surface area contributed by atoms with Gasteiger partial charge >= 0.3 is 5.97 Å². The van der Waals surface area contributed by atoms with Crippen LogP contribution in [0.2, 0.25) is 0 Å². The molecule has 0 radical (unpaired) electrons. The lowest BCUT2D eigenvalue weighted by Gasteiger charge is -2.15. The normalized spacial score (nSPS) is 10.7. The molecule has 34 heavy (non-hydrogen) atoms. The number of carbonyl (C=O) groups is 2. The van der Waals surface area contributed by atoms with Crippen molar-refractivity contribution in [1.82, 2.24) is 9.97 Å². The summed E-state index contributed by atoms with van der Waals surface area (Å²) in [4.78, 5) is 29.6. The van der Waals surface area contributed by atoms with E-state index in [9.17, 15) is 18.4 Å². The van der Waals surface area contributed by atoms with Gasteiger partial charge in [-0.15, -0.1) is 0 Å². The molecule has 0 bridgehead atoms. The van der Waals surface area contributed by atoms with Crippen LogP contribution in [0.15, 0.2) is 30.6 Å². The molecule has 1 heterocycles. The van der Waals surface area contributed by atoms with Crippen molar-refractivity contribution in [1.29, 1.82) is 0 Å². The molecule has 12 heteroatoms. The molecule has 1 aromatic heterocycles. The highest BCUT2D eigenvalue weighted by Gasteiger charge is 2.19. The van der Waals surface area contributed by atoms with Gasteiger partial charge < -0.3 is 28.4 Å². The summed E-state index contributed by atoms with van der Waals surface area (Å²) in [5, 5.41) is 0.367. The van der Waals surface area contributed by atoms with E-state index in [4.69, 9.17) is 23.7 Å². The Hall–Kier alpha value is -3.90. The number of esters is 1. The highest BCUT2D eigenvalue weighted by atomic mass is 19.1. The molecule has 0 atom stereocenters. The van der Waals surface area contributed by atoms with Crippen LogP contribution in [0.25, 0.3) is 10.9 Å². The number of rotatable bonds is 12. The van der Waals surface area contributed by atoms with Gasteiger partial charge in [-0.05, 0) is 6.07 Å². The molecule has 0 spiro atoms. The van der Waals surface area contributed by atoms with E-state index in [1.165, 1.54) is 13.4 Å². The molecule has 0 saturated carbocycles. The maximum atomic E-state index is 14.3. The Morgan fingerprint density at radius 2 is 1.53 bits per heavy atom. The van der Waals surface area contributed by atoms with Gasteiger partial charge in [0.05, 0.1) is 24.1 Å². The third-order valence-corrected chi connectivity index (χ3v) is 4.24. The number of fused-ring (bicyclic) bond motifs is 1. The molecule has 0 aliphatic heterocycles. The molecule has 0 N–H and O–H groups in total. The van der Waals surface area contributed by atoms with Gasteiger partial charge in [-0.25, -0.2) is 23.5 Å². The van der Waals surface area contributed by atoms with Crippen LogP contribution in [-0.4, -0.2) is 62.9 Å². The van der Waals surface area contributed by atoms with Crippen molar-refractivity contribution < 1.29 is 46.8 Å². The molecule has 180 valence electrons. The lowest BCUT2D eigenvalue weighted by molar-refractivity contribution is -0.141. The Kier molecular flexibility index (Phi) is 8.60. The van der Waals surface area contributed by atoms with E-state index in [1.807, 2.05) is 0 Å². The molecule has 0 unspecified atom stereocenters. The number of hydrogen-bond donors (Lipinski definition) is 0. The van der Waals surface area contributed by atoms with Crippen molar-refractivity contribution in [3.05, 3.63) is 42.2 Å². The Balaban J connectivity index is 1.95. The summed E-state index contributed by atoms with van der Waals surface area (Å²) in [7, 11) is 3.07. The lowest BCUT2D eigenvalue weighted by atomic mass is 10.2. The van der Waals surface area contributed by atoms with Crippen molar-refractivity contribution >= 4 is 23.2 Å². The molecule has 0 aliphatic rings. The van der Waals surface area contributed by atoms with Gasteiger partial charge in [0.25, 0.3) is 0 Å². The molecular weight excluding hydrogens is 458 g/mol. The number of nitrogens with zero attached hydrogens (tertiary/aromatic N) is 2. The Morgan fingerprint density at radius 3 is 2.12 bits per heavy atom. The van der Waals surface area contributed by atoms with Crippen LogP contribution < -0.4 is 18.9 Å². The Labute approximate surface area is 192 Å². The maximum absolute atomic E-state index is 14.3. The molecule has 3 rings (SSSR count). The number of ether oxygens (including phenoxy) is 6. The van der Waals surface area contributed by atoms with E-state index in [-0.39, 0.29) is 31.1 Å². The van der Waals surface area contributed by atoms with E-state index in [0.717, 1.165) is 12.1 Å². The summed E-state index contributed by atoms with van der Waals surface area (Å²) in [6.45, 7) is 1.16. The molecule has 2 aromatic carbocycles. The number of benzene rings is 2. The summed E-state index contributed by atoms with van der Waals surface area (Å²) in [6, 6.07) is 4.73. The molecule has 0 amide bonds. The standard InChI is InChI=1S/C22H20F2N2O8/c1-29-3-5-31-18-9-14-17(10-19(18)32-6-4-30-2)25-12-26-22(14)33-13-7-15(23)21(16(24)8-13)34-20(28)11-27/h7-12H,3-6H2,1-2H3. The largest absolute Gasteiger partial charge is 0.487 e. The molecule has 3 aromatic rings. The van der Waals surface area contributed by atoms with Gasteiger partial charge in [0, 0.05) is 32.4 Å². The topological polar surface area (TPSA) is 115 Å². The smallest absolute Gasteiger partial charge is 0.376 e. The number of aldehydes is 1. The summed E-state index contributed by atoms with van der Waals surface area (Å²) in [5.41, 5.74) is 0.411.